The second-order valence-electron chi connectivity index (χ2n) is 6.63. The molecule has 0 spiro atoms. The number of nitrogens with two attached hydrogens (primary N) is 1. The van der Waals surface area contributed by atoms with Gasteiger partial charge < -0.3 is 11.1 Å². The van der Waals surface area contributed by atoms with Gasteiger partial charge in [-0.1, -0.05) is 33.8 Å². The van der Waals surface area contributed by atoms with E-state index in [1.807, 2.05) is 27.7 Å². The maximum Gasteiger partial charge on any atom is 0.254 e. The van der Waals surface area contributed by atoms with Crippen molar-refractivity contribution in [1.82, 2.24) is 5.32 Å². The Hall–Kier alpha value is -1.49. The summed E-state index contributed by atoms with van der Waals surface area (Å²) in [5, 5.41) is 2.79. The van der Waals surface area contributed by atoms with Gasteiger partial charge in [-0.25, -0.2) is 8.78 Å². The number of benzene rings is 1. The highest BCUT2D eigenvalue weighted by atomic mass is 19.2. The summed E-state index contributed by atoms with van der Waals surface area (Å²) in [6, 6.07) is 3.31. The standard InChI is InChI=1S/C15H20F2N2O/c1-14(2)12(18)15(3,4)13(14)19-11(20)8-6-5-7-9(16)10(8)17/h5-7,12-13H,18H2,1-4H3,(H,19,20). The first-order valence-electron chi connectivity index (χ1n) is 6.60. The molecule has 0 bridgehead atoms. The largest absolute Gasteiger partial charge is 0.348 e. The zero-order chi connectivity index (χ0) is 15.3. The number of carbonyl (C=O) groups is 1. The molecule has 0 unspecified atom stereocenters. The molecule has 0 saturated heterocycles. The lowest BCUT2D eigenvalue weighted by Crippen LogP contribution is -2.76. The van der Waals surface area contributed by atoms with Crippen molar-refractivity contribution in [2.75, 3.05) is 0 Å². The molecular weight excluding hydrogens is 262 g/mol. The van der Waals surface area contributed by atoms with E-state index in [9.17, 15) is 13.6 Å². The fraction of sp³-hybridized carbons (Fsp3) is 0.533. The zero-order valence-electron chi connectivity index (χ0n) is 12.1. The summed E-state index contributed by atoms with van der Waals surface area (Å²) in [5.74, 6) is -2.76. The zero-order valence-corrected chi connectivity index (χ0v) is 12.1. The molecule has 3 N–H and O–H groups in total. The van der Waals surface area contributed by atoms with Gasteiger partial charge in [-0.2, -0.15) is 0 Å². The van der Waals surface area contributed by atoms with E-state index in [0.29, 0.717) is 0 Å². The van der Waals surface area contributed by atoms with E-state index in [1.54, 1.807) is 0 Å². The lowest BCUT2D eigenvalue weighted by Gasteiger charge is -2.62. The summed E-state index contributed by atoms with van der Waals surface area (Å²) in [6.07, 6.45) is 0. The third-order valence-corrected chi connectivity index (χ3v) is 4.56. The normalized spacial score (nSPS) is 26.8. The van der Waals surface area contributed by atoms with Crippen molar-refractivity contribution in [2.24, 2.45) is 16.6 Å². The van der Waals surface area contributed by atoms with Crippen molar-refractivity contribution >= 4 is 5.91 Å². The van der Waals surface area contributed by atoms with Crippen LogP contribution in [0.3, 0.4) is 0 Å². The summed E-state index contributed by atoms with van der Waals surface area (Å²) >= 11 is 0. The molecule has 1 aliphatic rings. The SMILES string of the molecule is CC1(C)C(N)C(C)(C)C1NC(=O)c1cccc(F)c1F. The minimum Gasteiger partial charge on any atom is -0.348 e. The van der Waals surface area contributed by atoms with Gasteiger partial charge in [-0.3, -0.25) is 4.79 Å². The number of hydrogen-bond donors (Lipinski definition) is 2. The van der Waals surface area contributed by atoms with Crippen LogP contribution in [-0.2, 0) is 0 Å². The van der Waals surface area contributed by atoms with Gasteiger partial charge in [-0.15, -0.1) is 0 Å². The third-order valence-electron chi connectivity index (χ3n) is 4.56. The van der Waals surface area contributed by atoms with Crippen LogP contribution in [0.25, 0.3) is 0 Å². The van der Waals surface area contributed by atoms with Crippen LogP contribution in [0, 0.1) is 22.5 Å². The number of rotatable bonds is 2. The molecule has 110 valence electrons. The highest BCUT2D eigenvalue weighted by molar-refractivity contribution is 5.94. The van der Waals surface area contributed by atoms with Crippen LogP contribution in [0.5, 0.6) is 0 Å². The second-order valence-corrected chi connectivity index (χ2v) is 6.63. The third kappa shape index (κ3) is 2.00. The van der Waals surface area contributed by atoms with E-state index < -0.39 is 17.5 Å². The quantitative estimate of drug-likeness (QED) is 0.875. The predicted octanol–water partition coefficient (Wildman–Crippen LogP) is 2.46. The molecule has 1 aliphatic carbocycles. The Labute approximate surface area is 117 Å². The summed E-state index contributed by atoms with van der Waals surface area (Å²) < 4.78 is 26.8. The molecule has 1 amide bonds. The lowest BCUT2D eigenvalue weighted by molar-refractivity contribution is -0.0664. The van der Waals surface area contributed by atoms with Crippen LogP contribution in [0.15, 0.2) is 18.2 Å². The van der Waals surface area contributed by atoms with Crippen molar-refractivity contribution in [3.8, 4) is 0 Å². The Kier molecular flexibility index (Phi) is 3.37. The van der Waals surface area contributed by atoms with Crippen LogP contribution in [0.4, 0.5) is 8.78 Å². The van der Waals surface area contributed by atoms with Gasteiger partial charge in [0.05, 0.1) is 5.56 Å². The molecule has 0 aliphatic heterocycles. The monoisotopic (exact) mass is 282 g/mol. The van der Waals surface area contributed by atoms with Gasteiger partial charge in [0, 0.05) is 22.9 Å². The summed E-state index contributed by atoms with van der Waals surface area (Å²) in [4.78, 5) is 12.1. The Bertz CT molecular complexity index is 539. The van der Waals surface area contributed by atoms with Gasteiger partial charge in [0.15, 0.2) is 11.6 Å². The minimum atomic E-state index is -1.12. The Balaban J connectivity index is 2.23. The molecule has 0 heterocycles. The molecule has 3 nitrogen and oxygen atoms in total. The minimum absolute atomic E-state index is 0.0716. The van der Waals surface area contributed by atoms with Gasteiger partial charge in [-0.05, 0) is 12.1 Å². The fourth-order valence-corrected chi connectivity index (χ4v) is 3.44. The number of halogens is 2. The summed E-state index contributed by atoms with van der Waals surface area (Å²) in [5.41, 5.74) is 5.25. The number of hydrogen-bond acceptors (Lipinski definition) is 2. The number of amides is 1. The lowest BCUT2D eigenvalue weighted by atomic mass is 9.48. The average Bonchev–Trinajstić information content (AvgIpc) is 2.37. The van der Waals surface area contributed by atoms with Crippen molar-refractivity contribution in [3.63, 3.8) is 0 Å². The molecule has 0 radical (unpaired) electrons. The van der Waals surface area contributed by atoms with Crippen molar-refractivity contribution in [2.45, 2.75) is 39.8 Å². The van der Waals surface area contributed by atoms with Gasteiger partial charge in [0.1, 0.15) is 0 Å². The second kappa shape index (κ2) is 4.52. The van der Waals surface area contributed by atoms with Crippen molar-refractivity contribution < 1.29 is 13.6 Å². The van der Waals surface area contributed by atoms with E-state index in [1.165, 1.54) is 12.1 Å². The van der Waals surface area contributed by atoms with Crippen LogP contribution in [0.1, 0.15) is 38.1 Å². The fourth-order valence-electron chi connectivity index (χ4n) is 3.44. The van der Waals surface area contributed by atoms with E-state index in [2.05, 4.69) is 5.32 Å². The molecular formula is C15H20F2N2O. The molecule has 1 aromatic rings. The molecule has 5 heteroatoms. The van der Waals surface area contributed by atoms with E-state index in [-0.39, 0.29) is 28.5 Å². The van der Waals surface area contributed by atoms with E-state index in [4.69, 9.17) is 5.73 Å². The van der Waals surface area contributed by atoms with E-state index >= 15 is 0 Å². The summed E-state index contributed by atoms with van der Waals surface area (Å²) in [7, 11) is 0. The highest BCUT2D eigenvalue weighted by Crippen LogP contribution is 2.52. The predicted molar refractivity (Wildman–Crippen MR) is 73.1 cm³/mol. The first kappa shape index (κ1) is 14.9. The van der Waals surface area contributed by atoms with Crippen LogP contribution in [0.2, 0.25) is 0 Å². The molecule has 1 aromatic carbocycles. The van der Waals surface area contributed by atoms with Crippen LogP contribution in [-0.4, -0.2) is 18.0 Å². The average molecular weight is 282 g/mol. The van der Waals surface area contributed by atoms with Crippen molar-refractivity contribution in [3.05, 3.63) is 35.4 Å². The van der Waals surface area contributed by atoms with Gasteiger partial charge >= 0.3 is 0 Å². The molecule has 0 atom stereocenters. The van der Waals surface area contributed by atoms with Gasteiger partial charge in [0.2, 0.25) is 0 Å². The Morgan fingerprint density at radius 2 is 1.75 bits per heavy atom. The number of nitrogens with one attached hydrogen (secondary N) is 1. The number of carbonyl (C=O) groups excluding carboxylic acids is 1. The molecule has 1 fully saturated rings. The van der Waals surface area contributed by atoms with Crippen molar-refractivity contribution in [1.29, 1.82) is 0 Å². The first-order valence-corrected chi connectivity index (χ1v) is 6.60. The van der Waals surface area contributed by atoms with Crippen LogP contribution < -0.4 is 11.1 Å². The Morgan fingerprint density at radius 1 is 1.20 bits per heavy atom. The maximum atomic E-state index is 13.6. The topological polar surface area (TPSA) is 55.1 Å². The molecule has 1 saturated carbocycles. The van der Waals surface area contributed by atoms with Crippen LogP contribution >= 0.6 is 0 Å². The smallest absolute Gasteiger partial charge is 0.254 e. The van der Waals surface area contributed by atoms with Gasteiger partial charge in [0.25, 0.3) is 5.91 Å². The highest BCUT2D eigenvalue weighted by Gasteiger charge is 2.60. The molecule has 2 rings (SSSR count). The Morgan fingerprint density at radius 3 is 2.30 bits per heavy atom. The maximum absolute atomic E-state index is 13.6. The first-order chi connectivity index (χ1) is 9.10. The molecule has 0 aromatic heterocycles. The summed E-state index contributed by atoms with van der Waals surface area (Å²) in [6.45, 7) is 7.82. The van der Waals surface area contributed by atoms with E-state index in [0.717, 1.165) is 6.07 Å². The molecule has 20 heavy (non-hydrogen) atoms.